The Bertz CT molecular complexity index is 616. The van der Waals surface area contributed by atoms with Crippen molar-refractivity contribution in [3.8, 4) is 11.3 Å². The topological polar surface area (TPSA) is 120 Å². The van der Waals surface area contributed by atoms with Gasteiger partial charge in [0.15, 0.2) is 0 Å². The highest BCUT2D eigenvalue weighted by Crippen LogP contribution is 2.30. The number of aliphatic hydroxyl groups excluding tert-OH is 1. The number of hydrogen-bond donors (Lipinski definition) is 1. The molecule has 0 saturated heterocycles. The van der Waals surface area contributed by atoms with E-state index >= 15 is 0 Å². The molecule has 0 aliphatic rings. The normalized spacial score (nSPS) is 10.4. The summed E-state index contributed by atoms with van der Waals surface area (Å²) < 4.78 is 5.19. The zero-order valence-corrected chi connectivity index (χ0v) is 9.48. The van der Waals surface area contributed by atoms with Crippen LogP contribution in [0.4, 0.5) is 11.4 Å². The largest absolute Gasteiger partial charge is 0.459 e. The summed E-state index contributed by atoms with van der Waals surface area (Å²) in [6.45, 7) is -0.322. The molecule has 0 spiro atoms. The number of nitrogens with zero attached hydrogens (tertiary/aromatic N) is 2. The Morgan fingerprint density at radius 3 is 2.05 bits per heavy atom. The van der Waals surface area contributed by atoms with Crippen molar-refractivity contribution in [1.82, 2.24) is 0 Å². The SMILES string of the molecule is O=[N+]([O-])c1cc(-c2ccc(CO)o2)cc([N+](=O)[O-])c1. The first-order chi connectivity index (χ1) is 9.01. The fourth-order valence-electron chi connectivity index (χ4n) is 1.57. The van der Waals surface area contributed by atoms with Gasteiger partial charge in [-0.15, -0.1) is 0 Å². The monoisotopic (exact) mass is 264 g/mol. The van der Waals surface area contributed by atoms with E-state index in [-0.39, 0.29) is 23.7 Å². The Kier molecular flexibility index (Phi) is 3.25. The van der Waals surface area contributed by atoms with Crippen molar-refractivity contribution in [1.29, 1.82) is 0 Å². The molecule has 0 fully saturated rings. The number of non-ortho nitro benzene ring substituents is 2. The van der Waals surface area contributed by atoms with Gasteiger partial charge in [-0.25, -0.2) is 0 Å². The maximum Gasteiger partial charge on any atom is 0.277 e. The molecule has 0 radical (unpaired) electrons. The number of nitro groups is 2. The summed E-state index contributed by atoms with van der Waals surface area (Å²) in [5, 5.41) is 30.3. The molecule has 2 rings (SSSR count). The van der Waals surface area contributed by atoms with Crippen molar-refractivity contribution in [3.05, 3.63) is 56.3 Å². The van der Waals surface area contributed by atoms with Crippen molar-refractivity contribution >= 4 is 11.4 Å². The van der Waals surface area contributed by atoms with Crippen LogP contribution in [0, 0.1) is 20.2 Å². The van der Waals surface area contributed by atoms with Crippen molar-refractivity contribution in [3.63, 3.8) is 0 Å². The Morgan fingerprint density at radius 2 is 1.63 bits per heavy atom. The molecule has 1 N–H and O–H groups in total. The standard InChI is InChI=1S/C11H8N2O6/c14-6-10-1-2-11(19-10)7-3-8(12(15)16)5-9(4-7)13(17)18/h1-5,14H,6H2. The highest BCUT2D eigenvalue weighted by molar-refractivity contribution is 5.65. The number of benzene rings is 1. The predicted octanol–water partition coefficient (Wildman–Crippen LogP) is 2.26. The molecule has 0 aliphatic carbocycles. The number of hydrogen-bond acceptors (Lipinski definition) is 6. The summed E-state index contributed by atoms with van der Waals surface area (Å²) in [4.78, 5) is 20.0. The van der Waals surface area contributed by atoms with Crippen LogP contribution in [0.5, 0.6) is 0 Å². The molecule has 0 amide bonds. The van der Waals surface area contributed by atoms with Gasteiger partial charge in [-0.3, -0.25) is 20.2 Å². The lowest BCUT2D eigenvalue weighted by Crippen LogP contribution is -1.93. The van der Waals surface area contributed by atoms with Crippen LogP contribution in [0.25, 0.3) is 11.3 Å². The van der Waals surface area contributed by atoms with E-state index in [2.05, 4.69) is 0 Å². The van der Waals surface area contributed by atoms with Gasteiger partial charge in [-0.1, -0.05) is 0 Å². The van der Waals surface area contributed by atoms with Gasteiger partial charge in [0.25, 0.3) is 11.4 Å². The molecule has 1 aromatic heterocycles. The Hall–Kier alpha value is -2.74. The third-order valence-electron chi connectivity index (χ3n) is 2.43. The molecule has 0 atom stereocenters. The van der Waals surface area contributed by atoms with Gasteiger partial charge in [-0.2, -0.15) is 0 Å². The molecule has 0 bridgehead atoms. The molecule has 0 aliphatic heterocycles. The van der Waals surface area contributed by atoms with Crippen LogP contribution in [0.15, 0.2) is 34.7 Å². The van der Waals surface area contributed by atoms with Crippen LogP contribution in [-0.2, 0) is 6.61 Å². The Morgan fingerprint density at radius 1 is 1.05 bits per heavy atom. The Labute approximate surface area is 106 Å². The molecular weight excluding hydrogens is 256 g/mol. The van der Waals surface area contributed by atoms with E-state index in [0.29, 0.717) is 0 Å². The van der Waals surface area contributed by atoms with Gasteiger partial charge in [0.2, 0.25) is 0 Å². The summed E-state index contributed by atoms with van der Waals surface area (Å²) in [5.41, 5.74) is -0.585. The number of furan rings is 1. The van der Waals surface area contributed by atoms with E-state index in [1.165, 1.54) is 24.3 Å². The highest BCUT2D eigenvalue weighted by Gasteiger charge is 2.18. The first-order valence-corrected chi connectivity index (χ1v) is 5.15. The number of rotatable bonds is 4. The molecule has 1 aromatic carbocycles. The second-order valence-corrected chi connectivity index (χ2v) is 3.68. The summed E-state index contributed by atoms with van der Waals surface area (Å²) in [5.74, 6) is 0.486. The lowest BCUT2D eigenvalue weighted by Gasteiger charge is -1.99. The third-order valence-corrected chi connectivity index (χ3v) is 2.43. The van der Waals surface area contributed by atoms with E-state index in [0.717, 1.165) is 6.07 Å². The molecule has 8 heteroatoms. The maximum atomic E-state index is 10.7. The summed E-state index contributed by atoms with van der Waals surface area (Å²) in [6, 6.07) is 6.19. The average molecular weight is 264 g/mol. The van der Waals surface area contributed by atoms with E-state index in [1.54, 1.807) is 0 Å². The molecule has 8 nitrogen and oxygen atoms in total. The van der Waals surface area contributed by atoms with Gasteiger partial charge >= 0.3 is 0 Å². The second-order valence-electron chi connectivity index (χ2n) is 3.68. The van der Waals surface area contributed by atoms with Crippen LogP contribution in [0.1, 0.15) is 5.76 Å². The molecular formula is C11H8N2O6. The molecule has 0 unspecified atom stereocenters. The summed E-state index contributed by atoms with van der Waals surface area (Å²) >= 11 is 0. The van der Waals surface area contributed by atoms with Crippen LogP contribution in [0.2, 0.25) is 0 Å². The van der Waals surface area contributed by atoms with Gasteiger partial charge in [0.05, 0.1) is 15.9 Å². The van der Waals surface area contributed by atoms with E-state index in [1.807, 2.05) is 0 Å². The quantitative estimate of drug-likeness (QED) is 0.667. The van der Waals surface area contributed by atoms with Crippen molar-refractivity contribution in [2.75, 3.05) is 0 Å². The van der Waals surface area contributed by atoms with Crippen LogP contribution >= 0.6 is 0 Å². The zero-order chi connectivity index (χ0) is 14.0. The smallest absolute Gasteiger partial charge is 0.277 e. The minimum Gasteiger partial charge on any atom is -0.459 e. The van der Waals surface area contributed by atoms with Crippen LogP contribution in [-0.4, -0.2) is 15.0 Å². The maximum absolute atomic E-state index is 10.7. The lowest BCUT2D eigenvalue weighted by molar-refractivity contribution is -0.394. The third kappa shape index (κ3) is 2.58. The second kappa shape index (κ2) is 4.86. The fourth-order valence-corrected chi connectivity index (χ4v) is 1.57. The fraction of sp³-hybridized carbons (Fsp3) is 0.0909. The van der Waals surface area contributed by atoms with Crippen LogP contribution in [0.3, 0.4) is 0 Å². The van der Waals surface area contributed by atoms with Crippen molar-refractivity contribution < 1.29 is 19.4 Å². The van der Waals surface area contributed by atoms with Gasteiger partial charge < -0.3 is 9.52 Å². The Balaban J connectivity index is 2.55. The average Bonchev–Trinajstić information content (AvgIpc) is 2.86. The van der Waals surface area contributed by atoms with Gasteiger partial charge in [-0.05, 0) is 12.1 Å². The highest BCUT2D eigenvalue weighted by atomic mass is 16.6. The molecule has 1 heterocycles. The number of nitro benzene ring substituents is 2. The number of aliphatic hydroxyl groups is 1. The van der Waals surface area contributed by atoms with Crippen LogP contribution < -0.4 is 0 Å². The van der Waals surface area contributed by atoms with Gasteiger partial charge in [0, 0.05) is 17.7 Å². The predicted molar refractivity (Wildman–Crippen MR) is 63.4 cm³/mol. The van der Waals surface area contributed by atoms with Crippen molar-refractivity contribution in [2.45, 2.75) is 6.61 Å². The lowest BCUT2D eigenvalue weighted by atomic mass is 10.1. The first-order valence-electron chi connectivity index (χ1n) is 5.15. The summed E-state index contributed by atoms with van der Waals surface area (Å²) in [6.07, 6.45) is 0. The molecule has 0 saturated carbocycles. The van der Waals surface area contributed by atoms with Gasteiger partial charge in [0.1, 0.15) is 18.1 Å². The van der Waals surface area contributed by atoms with E-state index < -0.39 is 21.2 Å². The minimum atomic E-state index is -0.716. The van der Waals surface area contributed by atoms with Crippen molar-refractivity contribution in [2.24, 2.45) is 0 Å². The zero-order valence-electron chi connectivity index (χ0n) is 9.48. The molecule has 2 aromatic rings. The molecule has 98 valence electrons. The summed E-state index contributed by atoms with van der Waals surface area (Å²) in [7, 11) is 0. The minimum absolute atomic E-state index is 0.209. The first kappa shape index (κ1) is 12.7. The van der Waals surface area contributed by atoms with E-state index in [4.69, 9.17) is 9.52 Å². The molecule has 19 heavy (non-hydrogen) atoms. The van der Waals surface area contributed by atoms with E-state index in [9.17, 15) is 20.2 Å².